The maximum absolute atomic E-state index is 12.9. The number of alkyl halides is 1. The second-order valence-corrected chi connectivity index (χ2v) is 5.33. The molecule has 1 nitrogen and oxygen atoms in total. The third kappa shape index (κ3) is 2.89. The topological polar surface area (TPSA) is 17.1 Å². The van der Waals surface area contributed by atoms with Crippen molar-refractivity contribution in [2.75, 3.05) is 0 Å². The Morgan fingerprint density at radius 2 is 1.82 bits per heavy atom. The molecular weight excluding hydrogens is 297 g/mol. The van der Waals surface area contributed by atoms with Crippen LogP contribution < -0.4 is 0 Å². The summed E-state index contributed by atoms with van der Waals surface area (Å²) in [6, 6.07) is 1.85. The van der Waals surface area contributed by atoms with E-state index in [0.29, 0.717) is 0 Å². The molecule has 1 aromatic rings. The molecule has 2 rings (SSSR count). The van der Waals surface area contributed by atoms with Gasteiger partial charge in [0, 0.05) is 5.92 Å². The molecule has 5 heteroatoms. The largest absolute Gasteiger partial charge is 0.298 e. The van der Waals surface area contributed by atoms with Crippen molar-refractivity contribution in [2.24, 2.45) is 5.92 Å². The average Bonchev–Trinajstić information content (AvgIpc) is 3.08. The molecule has 1 saturated carbocycles. The first-order valence-electron chi connectivity index (χ1n) is 5.30. The van der Waals surface area contributed by atoms with Crippen LogP contribution in [0.2, 0.25) is 0 Å². The molecule has 1 aliphatic rings. The second-order valence-electron chi connectivity index (χ2n) is 4.22. The second kappa shape index (κ2) is 4.80. The highest BCUT2D eigenvalue weighted by Crippen LogP contribution is 2.33. The van der Waals surface area contributed by atoms with Gasteiger partial charge >= 0.3 is 0 Å². The lowest BCUT2D eigenvalue weighted by Gasteiger charge is -2.08. The number of halogens is 4. The van der Waals surface area contributed by atoms with Crippen LogP contribution in [0.5, 0.6) is 0 Å². The van der Waals surface area contributed by atoms with Crippen molar-refractivity contribution in [3.8, 4) is 0 Å². The number of rotatable bonds is 4. The summed E-state index contributed by atoms with van der Waals surface area (Å²) in [6.45, 7) is 0. The van der Waals surface area contributed by atoms with Crippen LogP contribution in [0, 0.1) is 23.4 Å². The third-order valence-electron chi connectivity index (χ3n) is 2.75. The van der Waals surface area contributed by atoms with Gasteiger partial charge in [0.25, 0.3) is 0 Å². The van der Waals surface area contributed by atoms with Gasteiger partial charge < -0.3 is 0 Å². The van der Waals surface area contributed by atoms with E-state index in [9.17, 15) is 18.0 Å². The maximum atomic E-state index is 12.9. The zero-order valence-corrected chi connectivity index (χ0v) is 10.4. The van der Waals surface area contributed by atoms with Gasteiger partial charge in [-0.15, -0.1) is 0 Å². The van der Waals surface area contributed by atoms with E-state index < -0.39 is 22.3 Å². The molecule has 0 radical (unpaired) electrons. The van der Waals surface area contributed by atoms with Crippen LogP contribution in [-0.4, -0.2) is 10.6 Å². The number of hydrogen-bond donors (Lipinski definition) is 0. The Morgan fingerprint density at radius 3 is 2.29 bits per heavy atom. The maximum Gasteiger partial charge on any atom is 0.194 e. The number of Topliss-reactive ketones (excluding diaryl/α,β-unsaturated/α-hetero) is 1. The van der Waals surface area contributed by atoms with Crippen LogP contribution in [0.1, 0.15) is 18.4 Å². The number of hydrogen-bond acceptors (Lipinski definition) is 1. The van der Waals surface area contributed by atoms with Crippen molar-refractivity contribution in [3.05, 3.63) is 35.1 Å². The van der Waals surface area contributed by atoms with Crippen LogP contribution in [0.3, 0.4) is 0 Å². The summed E-state index contributed by atoms with van der Waals surface area (Å²) in [5, 5.41) is 0. The summed E-state index contributed by atoms with van der Waals surface area (Å²) in [4.78, 5) is 11.2. The normalized spacial score (nSPS) is 16.9. The Balaban J connectivity index is 2.10. The zero-order valence-electron chi connectivity index (χ0n) is 8.85. The predicted octanol–water partition coefficient (Wildman–Crippen LogP) is 3.39. The van der Waals surface area contributed by atoms with E-state index >= 15 is 0 Å². The highest BCUT2D eigenvalue weighted by atomic mass is 79.9. The standard InChI is InChI=1S/C12H10BrF3O/c13-8(12(17)7-1-2-7)3-6-4-9(14)11(16)10(15)5-6/h4-5,7-8H,1-3H2. The number of carbonyl (C=O) groups excluding carboxylic acids is 1. The van der Waals surface area contributed by atoms with E-state index in [1.807, 2.05) is 0 Å². The average molecular weight is 307 g/mol. The van der Waals surface area contributed by atoms with Crippen molar-refractivity contribution in [2.45, 2.75) is 24.1 Å². The smallest absolute Gasteiger partial charge is 0.194 e. The Hall–Kier alpha value is -0.840. The lowest BCUT2D eigenvalue weighted by molar-refractivity contribution is -0.119. The van der Waals surface area contributed by atoms with Gasteiger partial charge in [-0.25, -0.2) is 13.2 Å². The van der Waals surface area contributed by atoms with Gasteiger partial charge in [0.1, 0.15) is 5.78 Å². The molecule has 17 heavy (non-hydrogen) atoms. The van der Waals surface area contributed by atoms with Crippen LogP contribution >= 0.6 is 15.9 Å². The molecule has 1 atom stereocenters. The van der Waals surface area contributed by atoms with Crippen molar-refractivity contribution in [1.82, 2.24) is 0 Å². The summed E-state index contributed by atoms with van der Waals surface area (Å²) in [6.07, 6.45) is 1.93. The highest BCUT2D eigenvalue weighted by Gasteiger charge is 2.33. The molecule has 0 aromatic heterocycles. The molecule has 0 heterocycles. The number of carbonyl (C=O) groups is 1. The van der Waals surface area contributed by atoms with Gasteiger partial charge in [0.05, 0.1) is 4.83 Å². The molecule has 0 saturated heterocycles. The molecule has 1 aliphatic carbocycles. The lowest BCUT2D eigenvalue weighted by atomic mass is 10.0. The van der Waals surface area contributed by atoms with E-state index in [-0.39, 0.29) is 23.7 Å². The van der Waals surface area contributed by atoms with E-state index in [0.717, 1.165) is 25.0 Å². The lowest BCUT2D eigenvalue weighted by Crippen LogP contribution is -2.18. The van der Waals surface area contributed by atoms with Gasteiger partial charge in [0.15, 0.2) is 17.5 Å². The Kier molecular flexibility index (Phi) is 3.56. The highest BCUT2D eigenvalue weighted by molar-refractivity contribution is 9.10. The summed E-state index contributed by atoms with van der Waals surface area (Å²) >= 11 is 3.20. The van der Waals surface area contributed by atoms with Crippen molar-refractivity contribution >= 4 is 21.7 Å². The van der Waals surface area contributed by atoms with E-state index in [2.05, 4.69) is 15.9 Å². The zero-order chi connectivity index (χ0) is 12.6. The number of ketones is 1. The van der Waals surface area contributed by atoms with Gasteiger partial charge in [-0.05, 0) is 37.0 Å². The van der Waals surface area contributed by atoms with Crippen molar-refractivity contribution < 1.29 is 18.0 Å². The molecule has 0 aliphatic heterocycles. The van der Waals surface area contributed by atoms with Crippen molar-refractivity contribution in [3.63, 3.8) is 0 Å². The quantitative estimate of drug-likeness (QED) is 0.615. The number of benzene rings is 1. The minimum absolute atomic E-state index is 0.0511. The summed E-state index contributed by atoms with van der Waals surface area (Å²) < 4.78 is 38.6. The van der Waals surface area contributed by atoms with Gasteiger partial charge in [0.2, 0.25) is 0 Å². The first-order chi connectivity index (χ1) is 7.99. The molecule has 1 aromatic carbocycles. The summed E-state index contributed by atoms with van der Waals surface area (Å²) in [7, 11) is 0. The molecule has 1 unspecified atom stereocenters. The molecule has 0 spiro atoms. The third-order valence-corrected chi connectivity index (χ3v) is 3.52. The van der Waals surface area contributed by atoms with Crippen LogP contribution in [-0.2, 0) is 11.2 Å². The van der Waals surface area contributed by atoms with Crippen LogP contribution in [0.4, 0.5) is 13.2 Å². The van der Waals surface area contributed by atoms with Gasteiger partial charge in [-0.2, -0.15) is 0 Å². The van der Waals surface area contributed by atoms with Gasteiger partial charge in [-0.1, -0.05) is 15.9 Å². The van der Waals surface area contributed by atoms with E-state index in [1.165, 1.54) is 0 Å². The Bertz CT molecular complexity index is 434. The molecule has 0 N–H and O–H groups in total. The molecule has 1 fully saturated rings. The molecule has 92 valence electrons. The van der Waals surface area contributed by atoms with Crippen LogP contribution in [0.25, 0.3) is 0 Å². The monoisotopic (exact) mass is 306 g/mol. The fourth-order valence-corrected chi connectivity index (χ4v) is 2.40. The minimum atomic E-state index is -1.48. The summed E-state index contributed by atoms with van der Waals surface area (Å²) in [5.74, 6) is -3.80. The first kappa shape index (κ1) is 12.6. The predicted molar refractivity (Wildman–Crippen MR) is 60.5 cm³/mol. The van der Waals surface area contributed by atoms with E-state index in [4.69, 9.17) is 0 Å². The molecule has 0 amide bonds. The minimum Gasteiger partial charge on any atom is -0.298 e. The summed E-state index contributed by atoms with van der Waals surface area (Å²) in [5.41, 5.74) is 0.275. The molecular formula is C12H10BrF3O. The van der Waals surface area contributed by atoms with E-state index in [1.54, 1.807) is 0 Å². The Morgan fingerprint density at radius 1 is 1.29 bits per heavy atom. The van der Waals surface area contributed by atoms with Crippen LogP contribution in [0.15, 0.2) is 12.1 Å². The fourth-order valence-electron chi connectivity index (χ4n) is 1.66. The first-order valence-corrected chi connectivity index (χ1v) is 6.22. The molecule has 0 bridgehead atoms. The fraction of sp³-hybridized carbons (Fsp3) is 0.417. The SMILES string of the molecule is O=C(C(Br)Cc1cc(F)c(F)c(F)c1)C1CC1. The van der Waals surface area contributed by atoms with Gasteiger partial charge in [-0.3, -0.25) is 4.79 Å². The van der Waals surface area contributed by atoms with Crippen molar-refractivity contribution in [1.29, 1.82) is 0 Å². The Labute approximate surface area is 105 Å².